The second kappa shape index (κ2) is 6.86. The van der Waals surface area contributed by atoms with E-state index in [0.717, 1.165) is 5.69 Å². The van der Waals surface area contributed by atoms with E-state index in [2.05, 4.69) is 30.9 Å². The zero-order valence-electron chi connectivity index (χ0n) is 15.5. The average molecular weight is 354 g/mol. The number of fused-ring (bicyclic) bond motifs is 1. The van der Waals surface area contributed by atoms with Crippen molar-refractivity contribution >= 4 is 11.6 Å². The van der Waals surface area contributed by atoms with E-state index in [-0.39, 0.29) is 23.7 Å². The molecule has 0 aliphatic carbocycles. The van der Waals surface area contributed by atoms with Crippen molar-refractivity contribution < 1.29 is 9.18 Å². The fourth-order valence-corrected chi connectivity index (χ4v) is 2.94. The lowest BCUT2D eigenvalue weighted by Gasteiger charge is -2.21. The van der Waals surface area contributed by atoms with Crippen molar-refractivity contribution in [3.05, 3.63) is 65.4 Å². The normalized spacial score (nSPS) is 11.7. The third kappa shape index (κ3) is 3.31. The minimum atomic E-state index is -0.313. The molecule has 2 heterocycles. The molecule has 26 heavy (non-hydrogen) atoms. The summed E-state index contributed by atoms with van der Waals surface area (Å²) in [5.41, 5.74) is 2.27. The van der Waals surface area contributed by atoms with E-state index >= 15 is 0 Å². The van der Waals surface area contributed by atoms with Crippen LogP contribution < -0.4 is 0 Å². The number of aromatic nitrogens is 3. The Kier molecular flexibility index (Phi) is 4.76. The Morgan fingerprint density at radius 1 is 1.23 bits per heavy atom. The second-order valence-corrected chi connectivity index (χ2v) is 7.28. The van der Waals surface area contributed by atoms with E-state index in [1.54, 1.807) is 40.0 Å². The fourth-order valence-electron chi connectivity index (χ4n) is 2.94. The van der Waals surface area contributed by atoms with E-state index in [1.165, 1.54) is 6.07 Å². The molecule has 0 bridgehead atoms. The monoisotopic (exact) mass is 354 g/mol. The molecule has 3 rings (SSSR count). The highest BCUT2D eigenvalue weighted by Crippen LogP contribution is 2.24. The molecule has 0 saturated carbocycles. The molecule has 0 spiro atoms. The predicted molar refractivity (Wildman–Crippen MR) is 98.5 cm³/mol. The minimum Gasteiger partial charge on any atom is -0.334 e. The summed E-state index contributed by atoms with van der Waals surface area (Å²) in [4.78, 5) is 19.0. The Morgan fingerprint density at radius 2 is 1.96 bits per heavy atom. The van der Waals surface area contributed by atoms with E-state index in [0.29, 0.717) is 23.3 Å². The van der Waals surface area contributed by atoms with Gasteiger partial charge < -0.3 is 4.90 Å². The molecule has 0 aliphatic rings. The van der Waals surface area contributed by atoms with Crippen LogP contribution in [0.5, 0.6) is 0 Å². The van der Waals surface area contributed by atoms with Crippen LogP contribution in [0.3, 0.4) is 0 Å². The first kappa shape index (κ1) is 18.0. The number of amides is 1. The van der Waals surface area contributed by atoms with Gasteiger partial charge in [-0.05, 0) is 19.1 Å². The molecule has 5 nitrogen and oxygen atoms in total. The van der Waals surface area contributed by atoms with Crippen LogP contribution in [0.15, 0.2) is 42.7 Å². The van der Waals surface area contributed by atoms with Crippen LogP contribution in [0, 0.1) is 5.82 Å². The Morgan fingerprint density at radius 3 is 2.62 bits per heavy atom. The van der Waals surface area contributed by atoms with Gasteiger partial charge in [0, 0.05) is 30.3 Å². The molecule has 0 N–H and O–H groups in total. The standard InChI is InChI=1S/C20H23FN4O/c1-5-24(13-14-8-6-7-9-16(14)21)19(26)15-12-23-25-17(20(2,3)4)10-11-22-18(15)25/h6-12H,5,13H2,1-4H3. The highest BCUT2D eigenvalue weighted by molar-refractivity contribution is 5.99. The smallest absolute Gasteiger partial charge is 0.259 e. The molecule has 0 atom stereocenters. The molecule has 0 unspecified atom stereocenters. The number of nitrogens with zero attached hydrogens (tertiary/aromatic N) is 4. The van der Waals surface area contributed by atoms with Crippen LogP contribution in [-0.4, -0.2) is 31.9 Å². The molecule has 0 saturated heterocycles. The second-order valence-electron chi connectivity index (χ2n) is 7.28. The summed E-state index contributed by atoms with van der Waals surface area (Å²) < 4.78 is 15.7. The summed E-state index contributed by atoms with van der Waals surface area (Å²) in [7, 11) is 0. The van der Waals surface area contributed by atoms with Gasteiger partial charge in [-0.2, -0.15) is 5.10 Å². The van der Waals surface area contributed by atoms with Crippen molar-refractivity contribution in [2.45, 2.75) is 39.7 Å². The number of carbonyl (C=O) groups is 1. The van der Waals surface area contributed by atoms with Gasteiger partial charge in [-0.15, -0.1) is 0 Å². The number of rotatable bonds is 4. The highest BCUT2D eigenvalue weighted by Gasteiger charge is 2.24. The van der Waals surface area contributed by atoms with Gasteiger partial charge in [0.2, 0.25) is 0 Å². The molecular formula is C20H23FN4O. The van der Waals surface area contributed by atoms with Crippen molar-refractivity contribution in [1.82, 2.24) is 19.5 Å². The maximum atomic E-state index is 14.0. The van der Waals surface area contributed by atoms with E-state index in [1.807, 2.05) is 13.0 Å². The molecule has 136 valence electrons. The van der Waals surface area contributed by atoms with Gasteiger partial charge in [0.1, 0.15) is 11.4 Å². The SMILES string of the molecule is CCN(Cc1ccccc1F)C(=O)c1cnn2c(C(C)(C)C)ccnc12. The molecular weight excluding hydrogens is 331 g/mol. The summed E-state index contributed by atoms with van der Waals surface area (Å²) in [6.07, 6.45) is 3.24. The summed E-state index contributed by atoms with van der Waals surface area (Å²) >= 11 is 0. The zero-order valence-corrected chi connectivity index (χ0v) is 15.5. The van der Waals surface area contributed by atoms with Gasteiger partial charge >= 0.3 is 0 Å². The highest BCUT2D eigenvalue weighted by atomic mass is 19.1. The Bertz CT molecular complexity index is 942. The van der Waals surface area contributed by atoms with Crippen molar-refractivity contribution in [3.8, 4) is 0 Å². The van der Waals surface area contributed by atoms with Crippen LogP contribution in [-0.2, 0) is 12.0 Å². The topological polar surface area (TPSA) is 50.5 Å². The van der Waals surface area contributed by atoms with E-state index in [4.69, 9.17) is 0 Å². The van der Waals surface area contributed by atoms with Crippen LogP contribution in [0.4, 0.5) is 4.39 Å². The zero-order chi connectivity index (χ0) is 18.9. The van der Waals surface area contributed by atoms with Crippen LogP contribution in [0.25, 0.3) is 5.65 Å². The van der Waals surface area contributed by atoms with Gasteiger partial charge in [0.25, 0.3) is 5.91 Å². The molecule has 1 amide bonds. The number of hydrogen-bond acceptors (Lipinski definition) is 3. The van der Waals surface area contributed by atoms with Crippen molar-refractivity contribution in [1.29, 1.82) is 0 Å². The first-order valence-corrected chi connectivity index (χ1v) is 8.69. The molecule has 6 heteroatoms. The summed E-state index contributed by atoms with van der Waals surface area (Å²) in [6.45, 7) is 8.80. The van der Waals surface area contributed by atoms with Crippen molar-refractivity contribution in [3.63, 3.8) is 0 Å². The summed E-state index contributed by atoms with van der Waals surface area (Å²) in [5, 5.41) is 4.38. The van der Waals surface area contributed by atoms with Gasteiger partial charge in [0.15, 0.2) is 5.65 Å². The average Bonchev–Trinajstić information content (AvgIpc) is 3.03. The van der Waals surface area contributed by atoms with Crippen molar-refractivity contribution in [2.75, 3.05) is 6.54 Å². The molecule has 3 aromatic rings. The molecule has 1 aromatic carbocycles. The van der Waals surface area contributed by atoms with Crippen LogP contribution >= 0.6 is 0 Å². The number of carbonyl (C=O) groups excluding carboxylic acids is 1. The number of hydrogen-bond donors (Lipinski definition) is 0. The summed E-state index contributed by atoms with van der Waals surface area (Å²) in [5.74, 6) is -0.518. The first-order chi connectivity index (χ1) is 12.3. The predicted octanol–water partition coefficient (Wildman–Crippen LogP) is 3.83. The Balaban J connectivity index is 1.97. The first-order valence-electron chi connectivity index (χ1n) is 8.69. The molecule has 2 aromatic heterocycles. The Labute approximate surface area is 152 Å². The van der Waals surface area contributed by atoms with Gasteiger partial charge in [-0.1, -0.05) is 39.0 Å². The molecule has 0 fully saturated rings. The van der Waals surface area contributed by atoms with Crippen molar-refractivity contribution in [2.24, 2.45) is 0 Å². The Hall–Kier alpha value is -2.76. The molecule has 0 aliphatic heterocycles. The third-order valence-corrected chi connectivity index (χ3v) is 4.39. The van der Waals surface area contributed by atoms with E-state index in [9.17, 15) is 9.18 Å². The maximum absolute atomic E-state index is 14.0. The van der Waals surface area contributed by atoms with Gasteiger partial charge in [0.05, 0.1) is 11.9 Å². The van der Waals surface area contributed by atoms with Crippen LogP contribution in [0.2, 0.25) is 0 Å². The lowest BCUT2D eigenvalue weighted by atomic mass is 9.92. The molecule has 0 radical (unpaired) electrons. The summed E-state index contributed by atoms with van der Waals surface area (Å²) in [6, 6.07) is 8.41. The number of halogens is 1. The minimum absolute atomic E-state index is 0.134. The fraction of sp³-hybridized carbons (Fsp3) is 0.350. The van der Waals surface area contributed by atoms with Gasteiger partial charge in [-0.25, -0.2) is 13.9 Å². The lowest BCUT2D eigenvalue weighted by Crippen LogP contribution is -2.30. The maximum Gasteiger partial charge on any atom is 0.259 e. The van der Waals surface area contributed by atoms with Gasteiger partial charge in [-0.3, -0.25) is 4.79 Å². The van der Waals surface area contributed by atoms with Crippen LogP contribution in [0.1, 0.15) is 49.3 Å². The lowest BCUT2D eigenvalue weighted by molar-refractivity contribution is 0.0753. The number of benzene rings is 1. The third-order valence-electron chi connectivity index (χ3n) is 4.39. The largest absolute Gasteiger partial charge is 0.334 e. The van der Waals surface area contributed by atoms with E-state index < -0.39 is 0 Å². The quantitative estimate of drug-likeness (QED) is 0.715.